The third-order valence-corrected chi connectivity index (χ3v) is 3.74. The molecule has 0 radical (unpaired) electrons. The van der Waals surface area contributed by atoms with Gasteiger partial charge in [-0.05, 0) is 13.0 Å². The van der Waals surface area contributed by atoms with Gasteiger partial charge in [-0.3, -0.25) is 4.21 Å². The summed E-state index contributed by atoms with van der Waals surface area (Å²) in [6.07, 6.45) is 1.72. The number of fused-ring (bicyclic) bond motifs is 1. The van der Waals surface area contributed by atoms with Gasteiger partial charge >= 0.3 is 0 Å². The van der Waals surface area contributed by atoms with Crippen molar-refractivity contribution < 1.29 is 13.7 Å². The van der Waals surface area contributed by atoms with Crippen LogP contribution >= 0.6 is 0 Å². The average molecular weight is 269 g/mol. The van der Waals surface area contributed by atoms with E-state index in [4.69, 9.17) is 9.47 Å². The van der Waals surface area contributed by atoms with Gasteiger partial charge in [-0.15, -0.1) is 0 Å². The van der Waals surface area contributed by atoms with Crippen molar-refractivity contribution in [3.63, 3.8) is 0 Å². The summed E-state index contributed by atoms with van der Waals surface area (Å²) in [6.45, 7) is 3.94. The largest absolute Gasteiger partial charge is 0.486 e. The van der Waals surface area contributed by atoms with E-state index < -0.39 is 10.8 Å². The summed E-state index contributed by atoms with van der Waals surface area (Å²) in [4.78, 5) is 0. The lowest BCUT2D eigenvalue weighted by Gasteiger charge is -2.22. The zero-order chi connectivity index (χ0) is 13.0. The molecule has 0 bridgehead atoms. The fourth-order valence-corrected chi connectivity index (χ4v) is 2.79. The highest BCUT2D eigenvalue weighted by Gasteiger charge is 2.15. The van der Waals surface area contributed by atoms with Crippen molar-refractivity contribution in [2.45, 2.75) is 19.5 Å². The predicted octanol–water partition coefficient (Wildman–Crippen LogP) is 1.31. The lowest BCUT2D eigenvalue weighted by molar-refractivity contribution is 0.169. The van der Waals surface area contributed by atoms with Crippen LogP contribution < -0.4 is 14.8 Å². The van der Waals surface area contributed by atoms with Crippen molar-refractivity contribution in [2.75, 3.05) is 25.2 Å². The van der Waals surface area contributed by atoms with Gasteiger partial charge in [0.2, 0.25) is 0 Å². The van der Waals surface area contributed by atoms with Crippen LogP contribution in [0.4, 0.5) is 0 Å². The minimum Gasteiger partial charge on any atom is -0.486 e. The molecule has 0 amide bonds. The Balaban J connectivity index is 1.99. The lowest BCUT2D eigenvalue weighted by Crippen LogP contribution is -2.31. The molecule has 1 aromatic rings. The standard InChI is InChI=1S/C13H19NO3S/c1-10(9-18(2)15)14-8-11-4-3-5-12-13(11)17-7-6-16-12/h3-5,10,14H,6-9H2,1-2H3. The van der Waals surface area contributed by atoms with Crippen molar-refractivity contribution in [3.05, 3.63) is 23.8 Å². The highest BCUT2D eigenvalue weighted by Crippen LogP contribution is 2.33. The van der Waals surface area contributed by atoms with E-state index in [-0.39, 0.29) is 6.04 Å². The van der Waals surface area contributed by atoms with E-state index in [9.17, 15) is 4.21 Å². The van der Waals surface area contributed by atoms with Gasteiger partial charge in [0.25, 0.3) is 0 Å². The van der Waals surface area contributed by atoms with Gasteiger partial charge in [0.15, 0.2) is 11.5 Å². The predicted molar refractivity (Wildman–Crippen MR) is 72.7 cm³/mol. The Bertz CT molecular complexity index is 436. The first-order valence-corrected chi connectivity index (χ1v) is 7.80. The SMILES string of the molecule is CC(CS(C)=O)NCc1cccc2c1OCCO2. The summed E-state index contributed by atoms with van der Waals surface area (Å²) >= 11 is 0. The molecule has 100 valence electrons. The number of hydrogen-bond donors (Lipinski definition) is 1. The Labute approximate surface area is 110 Å². The third kappa shape index (κ3) is 3.46. The molecular formula is C13H19NO3S. The summed E-state index contributed by atoms with van der Waals surface area (Å²) in [6, 6.07) is 6.13. The molecule has 2 atom stereocenters. The molecule has 1 heterocycles. The molecule has 0 aliphatic carbocycles. The highest BCUT2D eigenvalue weighted by molar-refractivity contribution is 7.84. The molecule has 1 aromatic carbocycles. The monoisotopic (exact) mass is 269 g/mol. The fourth-order valence-electron chi connectivity index (χ4n) is 1.97. The number of ether oxygens (including phenoxy) is 2. The van der Waals surface area contributed by atoms with Crippen LogP contribution in [0, 0.1) is 0 Å². The van der Waals surface area contributed by atoms with Gasteiger partial charge in [0.1, 0.15) is 13.2 Å². The second kappa shape index (κ2) is 6.20. The Kier molecular flexibility index (Phi) is 4.60. The van der Waals surface area contributed by atoms with E-state index in [1.54, 1.807) is 6.26 Å². The Hall–Kier alpha value is -1.07. The van der Waals surface area contributed by atoms with Gasteiger partial charge in [-0.2, -0.15) is 0 Å². The van der Waals surface area contributed by atoms with Crippen molar-refractivity contribution in [2.24, 2.45) is 0 Å². The van der Waals surface area contributed by atoms with Crippen LogP contribution in [-0.4, -0.2) is 35.5 Å². The summed E-state index contributed by atoms with van der Waals surface area (Å²) in [7, 11) is -0.774. The van der Waals surface area contributed by atoms with E-state index >= 15 is 0 Å². The van der Waals surface area contributed by atoms with E-state index in [1.165, 1.54) is 0 Å². The van der Waals surface area contributed by atoms with Crippen molar-refractivity contribution in [3.8, 4) is 11.5 Å². The first-order valence-electron chi connectivity index (χ1n) is 6.07. The molecule has 0 aromatic heterocycles. The Morgan fingerprint density at radius 3 is 2.94 bits per heavy atom. The number of hydrogen-bond acceptors (Lipinski definition) is 4. The smallest absolute Gasteiger partial charge is 0.165 e. The molecule has 2 unspecified atom stereocenters. The molecule has 0 saturated carbocycles. The summed E-state index contributed by atoms with van der Waals surface area (Å²) < 4.78 is 22.3. The maximum Gasteiger partial charge on any atom is 0.165 e. The highest BCUT2D eigenvalue weighted by atomic mass is 32.2. The molecule has 0 fully saturated rings. The molecule has 0 spiro atoms. The molecule has 2 rings (SSSR count). The first kappa shape index (κ1) is 13.4. The van der Waals surface area contributed by atoms with E-state index in [2.05, 4.69) is 5.32 Å². The maximum atomic E-state index is 11.1. The lowest BCUT2D eigenvalue weighted by atomic mass is 10.1. The molecular weight excluding hydrogens is 250 g/mol. The van der Waals surface area contributed by atoms with Crippen molar-refractivity contribution >= 4 is 10.8 Å². The van der Waals surface area contributed by atoms with Gasteiger partial charge in [0, 0.05) is 41.0 Å². The zero-order valence-electron chi connectivity index (χ0n) is 10.8. The number of benzene rings is 1. The third-order valence-electron chi connectivity index (χ3n) is 2.77. The van der Waals surface area contributed by atoms with Gasteiger partial charge < -0.3 is 14.8 Å². The molecule has 1 aliphatic heterocycles. The minimum atomic E-state index is -0.774. The maximum absolute atomic E-state index is 11.1. The van der Waals surface area contributed by atoms with E-state index in [0.717, 1.165) is 17.1 Å². The summed E-state index contributed by atoms with van der Waals surface area (Å²) in [5.74, 6) is 2.31. The molecule has 5 heteroatoms. The van der Waals surface area contributed by atoms with E-state index in [1.807, 2.05) is 25.1 Å². The fraction of sp³-hybridized carbons (Fsp3) is 0.538. The van der Waals surface area contributed by atoms with Crippen LogP contribution in [0.5, 0.6) is 11.5 Å². The molecule has 0 saturated heterocycles. The van der Waals surface area contributed by atoms with Crippen LogP contribution in [0.15, 0.2) is 18.2 Å². The van der Waals surface area contributed by atoms with Crippen LogP contribution in [0.2, 0.25) is 0 Å². The summed E-state index contributed by atoms with van der Waals surface area (Å²) in [5, 5.41) is 3.35. The second-order valence-corrected chi connectivity index (χ2v) is 5.94. The quantitative estimate of drug-likeness (QED) is 0.875. The first-order chi connectivity index (χ1) is 8.66. The second-order valence-electron chi connectivity index (χ2n) is 4.46. The van der Waals surface area contributed by atoms with Gasteiger partial charge in [-0.25, -0.2) is 0 Å². The topological polar surface area (TPSA) is 47.6 Å². The van der Waals surface area contributed by atoms with Crippen molar-refractivity contribution in [1.29, 1.82) is 0 Å². The molecule has 18 heavy (non-hydrogen) atoms. The van der Waals surface area contributed by atoms with Gasteiger partial charge in [-0.1, -0.05) is 12.1 Å². The Morgan fingerprint density at radius 1 is 1.39 bits per heavy atom. The number of nitrogens with one attached hydrogen (secondary N) is 1. The molecule has 1 aliphatic rings. The van der Waals surface area contributed by atoms with Crippen LogP contribution in [0.3, 0.4) is 0 Å². The zero-order valence-corrected chi connectivity index (χ0v) is 11.6. The Morgan fingerprint density at radius 2 is 2.17 bits per heavy atom. The average Bonchev–Trinajstić information content (AvgIpc) is 2.35. The minimum absolute atomic E-state index is 0.219. The normalized spacial score (nSPS) is 17.2. The molecule has 1 N–H and O–H groups in total. The van der Waals surface area contributed by atoms with Crippen LogP contribution in [-0.2, 0) is 17.3 Å². The summed E-state index contributed by atoms with van der Waals surface area (Å²) in [5.41, 5.74) is 1.08. The number of para-hydroxylation sites is 1. The molecule has 4 nitrogen and oxygen atoms in total. The van der Waals surface area contributed by atoms with Crippen LogP contribution in [0.1, 0.15) is 12.5 Å². The van der Waals surface area contributed by atoms with Crippen LogP contribution in [0.25, 0.3) is 0 Å². The van der Waals surface area contributed by atoms with Crippen molar-refractivity contribution in [1.82, 2.24) is 5.32 Å². The van der Waals surface area contributed by atoms with Gasteiger partial charge in [0.05, 0.1) is 0 Å². The van der Waals surface area contributed by atoms with E-state index in [0.29, 0.717) is 25.5 Å². The number of rotatable bonds is 5.